The molecule has 1 aliphatic rings. The first-order valence-electron chi connectivity index (χ1n) is 6.14. The summed E-state index contributed by atoms with van der Waals surface area (Å²) in [5.41, 5.74) is 9.42. The van der Waals surface area contributed by atoms with Crippen LogP contribution in [0, 0.1) is 6.92 Å². The summed E-state index contributed by atoms with van der Waals surface area (Å²) in [6.07, 6.45) is 0. The molecule has 0 radical (unpaired) electrons. The van der Waals surface area contributed by atoms with Crippen LogP contribution in [0.1, 0.15) is 5.56 Å². The molecule has 19 heavy (non-hydrogen) atoms. The van der Waals surface area contributed by atoms with Gasteiger partial charge in [0.2, 0.25) is 0 Å². The molecule has 1 aliphatic heterocycles. The summed E-state index contributed by atoms with van der Waals surface area (Å²) in [4.78, 5) is 4.54. The monoisotopic (exact) mass is 253 g/mol. The van der Waals surface area contributed by atoms with Crippen molar-refractivity contribution in [2.45, 2.75) is 6.92 Å². The zero-order valence-electron chi connectivity index (χ0n) is 10.7. The molecule has 0 spiro atoms. The van der Waals surface area contributed by atoms with Crippen molar-refractivity contribution in [3.8, 4) is 5.75 Å². The lowest BCUT2D eigenvalue weighted by atomic mass is 10.2. The van der Waals surface area contributed by atoms with Crippen molar-refractivity contribution in [3.63, 3.8) is 0 Å². The van der Waals surface area contributed by atoms with Gasteiger partial charge >= 0.3 is 0 Å². The minimum Gasteiger partial charge on any atom is -0.483 e. The van der Waals surface area contributed by atoms with Crippen LogP contribution in [-0.4, -0.2) is 12.4 Å². The highest BCUT2D eigenvalue weighted by Crippen LogP contribution is 2.32. The number of nitrogen functional groups attached to an aromatic ring is 1. The molecule has 96 valence electrons. The Morgan fingerprint density at radius 1 is 1.21 bits per heavy atom. The van der Waals surface area contributed by atoms with Gasteiger partial charge in [0, 0.05) is 17.4 Å². The molecule has 2 aromatic rings. The minimum absolute atomic E-state index is 0.421. The molecule has 0 unspecified atom stereocenters. The van der Waals surface area contributed by atoms with E-state index in [1.54, 1.807) is 6.07 Å². The molecule has 0 saturated heterocycles. The van der Waals surface area contributed by atoms with Crippen LogP contribution in [0.2, 0.25) is 0 Å². The van der Waals surface area contributed by atoms with E-state index in [2.05, 4.69) is 29.4 Å². The number of ether oxygens (including phenoxy) is 1. The second kappa shape index (κ2) is 4.65. The number of hydrogen-bond acceptors (Lipinski definition) is 4. The van der Waals surface area contributed by atoms with Gasteiger partial charge < -0.3 is 15.8 Å². The van der Waals surface area contributed by atoms with Crippen LogP contribution in [0.4, 0.5) is 17.1 Å². The van der Waals surface area contributed by atoms with Gasteiger partial charge in [0.15, 0.2) is 0 Å². The van der Waals surface area contributed by atoms with E-state index in [9.17, 15) is 0 Å². The van der Waals surface area contributed by atoms with Gasteiger partial charge in [-0.2, -0.15) is 0 Å². The highest BCUT2D eigenvalue weighted by atomic mass is 16.5. The molecule has 0 aliphatic carbocycles. The Kier molecular flexibility index (Phi) is 2.83. The fourth-order valence-corrected chi connectivity index (χ4v) is 2.02. The van der Waals surface area contributed by atoms with Gasteiger partial charge in [-0.15, -0.1) is 0 Å². The maximum Gasteiger partial charge on any atom is 0.147 e. The molecule has 4 heteroatoms. The highest BCUT2D eigenvalue weighted by Gasteiger charge is 2.13. The predicted octanol–water partition coefficient (Wildman–Crippen LogP) is 3.11. The quantitative estimate of drug-likeness (QED) is 0.768. The number of nitrogens with one attached hydrogen (secondary N) is 1. The maximum absolute atomic E-state index is 5.71. The normalized spacial score (nSPS) is 13.2. The van der Waals surface area contributed by atoms with Gasteiger partial charge in [-0.05, 0) is 36.8 Å². The van der Waals surface area contributed by atoms with E-state index >= 15 is 0 Å². The van der Waals surface area contributed by atoms with Crippen LogP contribution < -0.4 is 15.8 Å². The van der Waals surface area contributed by atoms with Crippen LogP contribution in [0.25, 0.3) is 0 Å². The largest absolute Gasteiger partial charge is 0.483 e. The van der Waals surface area contributed by atoms with E-state index in [0.717, 1.165) is 23.0 Å². The van der Waals surface area contributed by atoms with E-state index in [0.29, 0.717) is 12.3 Å². The Balaban J connectivity index is 1.85. The van der Waals surface area contributed by atoms with Crippen LogP contribution in [0.3, 0.4) is 0 Å². The van der Waals surface area contributed by atoms with Crippen molar-refractivity contribution in [1.29, 1.82) is 0 Å². The topological polar surface area (TPSA) is 59.6 Å². The van der Waals surface area contributed by atoms with Gasteiger partial charge in [-0.3, -0.25) is 0 Å². The first-order chi connectivity index (χ1) is 9.20. The lowest BCUT2D eigenvalue weighted by Gasteiger charge is -2.18. The predicted molar refractivity (Wildman–Crippen MR) is 78.2 cm³/mol. The third-order valence-electron chi connectivity index (χ3n) is 2.91. The Hall–Kier alpha value is -2.49. The standard InChI is InChI=1S/C15H15N3O/c1-10-3-2-4-12(7-10)17-15-9-19-14-8-11(16)5-6-13(14)18-15/h2-8H,9,16H2,1H3,(H,17,18). The van der Waals surface area contributed by atoms with E-state index in [1.165, 1.54) is 5.56 Å². The number of nitrogens with two attached hydrogens (primary N) is 1. The molecular weight excluding hydrogens is 238 g/mol. The van der Waals surface area contributed by atoms with Crippen molar-refractivity contribution in [1.82, 2.24) is 0 Å². The number of rotatable bonds is 1. The van der Waals surface area contributed by atoms with Gasteiger partial charge in [-0.1, -0.05) is 12.1 Å². The summed E-state index contributed by atoms with van der Waals surface area (Å²) in [6, 6.07) is 13.6. The molecular formula is C15H15N3O. The second-order valence-corrected chi connectivity index (χ2v) is 4.57. The van der Waals surface area contributed by atoms with Crippen molar-refractivity contribution < 1.29 is 4.74 Å². The van der Waals surface area contributed by atoms with Crippen molar-refractivity contribution >= 4 is 22.9 Å². The molecule has 0 fully saturated rings. The zero-order chi connectivity index (χ0) is 13.2. The third-order valence-corrected chi connectivity index (χ3v) is 2.91. The number of aliphatic imine (C=N–C) groups is 1. The summed E-state index contributed by atoms with van der Waals surface area (Å²) < 4.78 is 5.65. The number of aryl methyl sites for hydroxylation is 1. The van der Waals surface area contributed by atoms with Crippen molar-refractivity contribution in [2.24, 2.45) is 4.99 Å². The van der Waals surface area contributed by atoms with E-state index in [1.807, 2.05) is 24.3 Å². The highest BCUT2D eigenvalue weighted by molar-refractivity contribution is 5.99. The summed E-state index contributed by atoms with van der Waals surface area (Å²) in [7, 11) is 0. The first-order valence-corrected chi connectivity index (χ1v) is 6.14. The Labute approximate surface area is 111 Å². The Morgan fingerprint density at radius 3 is 2.95 bits per heavy atom. The molecule has 4 nitrogen and oxygen atoms in total. The average Bonchev–Trinajstić information content (AvgIpc) is 2.39. The average molecular weight is 253 g/mol. The zero-order valence-corrected chi connectivity index (χ0v) is 10.7. The van der Waals surface area contributed by atoms with Crippen LogP contribution in [0.5, 0.6) is 5.75 Å². The van der Waals surface area contributed by atoms with Crippen LogP contribution in [-0.2, 0) is 0 Å². The molecule has 0 aromatic heterocycles. The summed E-state index contributed by atoms with van der Waals surface area (Å²) in [6.45, 7) is 2.48. The van der Waals surface area contributed by atoms with E-state index in [-0.39, 0.29) is 0 Å². The summed E-state index contributed by atoms with van der Waals surface area (Å²) in [5.74, 6) is 1.53. The SMILES string of the molecule is Cc1cccc(NC2=Nc3ccc(N)cc3OC2)c1. The number of hydrogen-bond donors (Lipinski definition) is 2. The first kappa shape index (κ1) is 11.6. The van der Waals surface area contributed by atoms with Crippen molar-refractivity contribution in [3.05, 3.63) is 48.0 Å². The molecule has 0 bridgehead atoms. The summed E-state index contributed by atoms with van der Waals surface area (Å²) >= 11 is 0. The molecule has 0 atom stereocenters. The fourth-order valence-electron chi connectivity index (χ4n) is 2.02. The van der Waals surface area contributed by atoms with Gasteiger partial charge in [0.05, 0.1) is 0 Å². The fraction of sp³-hybridized carbons (Fsp3) is 0.133. The lowest BCUT2D eigenvalue weighted by Crippen LogP contribution is -2.23. The lowest BCUT2D eigenvalue weighted by molar-refractivity contribution is 0.372. The third kappa shape index (κ3) is 2.52. The summed E-state index contributed by atoms with van der Waals surface area (Å²) in [5, 5.41) is 3.27. The molecule has 3 N–H and O–H groups in total. The number of anilines is 2. The minimum atomic E-state index is 0.421. The number of nitrogens with zero attached hydrogens (tertiary/aromatic N) is 1. The smallest absolute Gasteiger partial charge is 0.147 e. The molecule has 0 saturated carbocycles. The Morgan fingerprint density at radius 2 is 2.11 bits per heavy atom. The Bertz CT molecular complexity index is 650. The van der Waals surface area contributed by atoms with E-state index in [4.69, 9.17) is 10.5 Å². The maximum atomic E-state index is 5.71. The van der Waals surface area contributed by atoms with Crippen LogP contribution >= 0.6 is 0 Å². The van der Waals surface area contributed by atoms with E-state index < -0.39 is 0 Å². The molecule has 1 heterocycles. The van der Waals surface area contributed by atoms with Crippen molar-refractivity contribution in [2.75, 3.05) is 17.7 Å². The molecule has 0 amide bonds. The molecule has 2 aromatic carbocycles. The second-order valence-electron chi connectivity index (χ2n) is 4.57. The number of benzene rings is 2. The van der Waals surface area contributed by atoms with Gasteiger partial charge in [0.25, 0.3) is 0 Å². The van der Waals surface area contributed by atoms with Gasteiger partial charge in [-0.25, -0.2) is 4.99 Å². The number of amidine groups is 1. The number of fused-ring (bicyclic) bond motifs is 1. The molecule has 3 rings (SSSR count). The van der Waals surface area contributed by atoms with Gasteiger partial charge in [0.1, 0.15) is 23.9 Å². The van der Waals surface area contributed by atoms with Crippen LogP contribution in [0.15, 0.2) is 47.5 Å².